The second-order valence-corrected chi connectivity index (χ2v) is 8.16. The van der Waals surface area contributed by atoms with Crippen molar-refractivity contribution in [1.82, 2.24) is 0 Å². The number of hydrogen-bond donors (Lipinski definition) is 1. The molecule has 1 unspecified atom stereocenters. The third-order valence-corrected chi connectivity index (χ3v) is 4.79. The summed E-state index contributed by atoms with van der Waals surface area (Å²) in [4.78, 5) is 4.75. The van der Waals surface area contributed by atoms with Crippen LogP contribution in [0.2, 0.25) is 0 Å². The number of aromatic hydroxyl groups is 1. The summed E-state index contributed by atoms with van der Waals surface area (Å²) in [6, 6.07) is 14.6. The topological polar surface area (TPSA) is 32.6 Å². The molecule has 0 heterocycles. The van der Waals surface area contributed by atoms with Gasteiger partial charge in [-0.05, 0) is 35.4 Å². The molecule has 0 radical (unpaired) electrons. The Morgan fingerprint density at radius 2 is 1.73 bits per heavy atom. The molecule has 0 aliphatic carbocycles. The van der Waals surface area contributed by atoms with Crippen molar-refractivity contribution in [3.05, 3.63) is 53.6 Å². The number of unbranched alkanes of at least 4 members (excludes halogenated alkanes) is 2. The normalized spacial score (nSPS) is 13.3. The van der Waals surface area contributed by atoms with E-state index in [2.05, 4.69) is 52.8 Å². The smallest absolute Gasteiger partial charge is 0.128 e. The van der Waals surface area contributed by atoms with E-state index in [1.807, 2.05) is 30.5 Å². The predicted molar refractivity (Wildman–Crippen MR) is 113 cm³/mol. The maximum Gasteiger partial charge on any atom is 0.128 e. The summed E-state index contributed by atoms with van der Waals surface area (Å²) in [6.07, 6.45) is 6.64. The fourth-order valence-electron chi connectivity index (χ4n) is 3.18. The Kier molecular flexibility index (Phi) is 7.02. The van der Waals surface area contributed by atoms with Gasteiger partial charge in [0.25, 0.3) is 0 Å². The highest BCUT2D eigenvalue weighted by atomic mass is 16.3. The molecular formula is C24H33NO. The lowest BCUT2D eigenvalue weighted by Crippen LogP contribution is -2.12. The number of phenolic OH excluding ortho intramolecular Hbond substituents is 1. The lowest BCUT2D eigenvalue weighted by Gasteiger charge is -2.23. The van der Waals surface area contributed by atoms with E-state index in [4.69, 9.17) is 4.99 Å². The summed E-state index contributed by atoms with van der Waals surface area (Å²) in [6.45, 7) is 10.7. The molecule has 0 aliphatic heterocycles. The van der Waals surface area contributed by atoms with Crippen molar-refractivity contribution < 1.29 is 5.11 Å². The average molecular weight is 352 g/mol. The number of aliphatic imine (C=N–C) groups is 1. The Hall–Kier alpha value is -2.09. The van der Waals surface area contributed by atoms with Crippen molar-refractivity contribution >= 4 is 6.21 Å². The maximum atomic E-state index is 11.0. The minimum atomic E-state index is -0.116. The number of hydrogen-bond acceptors (Lipinski definition) is 2. The summed E-state index contributed by atoms with van der Waals surface area (Å²) < 4.78 is 0. The van der Waals surface area contributed by atoms with Crippen LogP contribution in [0.15, 0.2) is 47.5 Å². The highest BCUT2D eigenvalue weighted by molar-refractivity contribution is 5.94. The predicted octanol–water partition coefficient (Wildman–Crippen LogP) is 6.74. The Bertz CT molecular complexity index is 726. The standard InChI is InChI=1S/C24H33NO/c1-6-7-9-12-18(2)25-17-21-20(19-13-10-8-11-14-19)15-16-22(23(21)26)24(3,4)5/h8,10-11,13-18,26H,6-7,9,12H2,1-5H3. The SMILES string of the molecule is CCCCCC(C)N=Cc1c(-c2ccccc2)ccc(C(C)(C)C)c1O. The van der Waals surface area contributed by atoms with E-state index in [1.165, 1.54) is 19.3 Å². The van der Waals surface area contributed by atoms with Crippen LogP contribution in [0.5, 0.6) is 5.75 Å². The molecule has 0 aromatic heterocycles. The molecule has 0 saturated heterocycles. The minimum Gasteiger partial charge on any atom is -0.507 e. The second kappa shape index (κ2) is 9.02. The highest BCUT2D eigenvalue weighted by Gasteiger charge is 2.21. The van der Waals surface area contributed by atoms with Gasteiger partial charge in [0.15, 0.2) is 0 Å². The number of nitrogens with zero attached hydrogens (tertiary/aromatic N) is 1. The van der Waals surface area contributed by atoms with Gasteiger partial charge >= 0.3 is 0 Å². The van der Waals surface area contributed by atoms with Gasteiger partial charge in [-0.25, -0.2) is 0 Å². The fraction of sp³-hybridized carbons (Fsp3) is 0.458. The van der Waals surface area contributed by atoms with Crippen LogP contribution < -0.4 is 0 Å². The van der Waals surface area contributed by atoms with Gasteiger partial charge in [-0.3, -0.25) is 4.99 Å². The fourth-order valence-corrected chi connectivity index (χ4v) is 3.18. The van der Waals surface area contributed by atoms with E-state index in [0.29, 0.717) is 5.75 Å². The van der Waals surface area contributed by atoms with Gasteiger partial charge in [-0.15, -0.1) is 0 Å². The molecule has 2 rings (SSSR count). The lowest BCUT2D eigenvalue weighted by molar-refractivity contribution is 0.446. The number of rotatable bonds is 7. The largest absolute Gasteiger partial charge is 0.507 e. The first-order valence-electron chi connectivity index (χ1n) is 9.79. The van der Waals surface area contributed by atoms with Crippen LogP contribution >= 0.6 is 0 Å². The van der Waals surface area contributed by atoms with Crippen LogP contribution in [0.1, 0.15) is 71.4 Å². The van der Waals surface area contributed by atoms with E-state index >= 15 is 0 Å². The van der Waals surface area contributed by atoms with Crippen molar-refractivity contribution in [2.45, 2.75) is 71.8 Å². The zero-order chi connectivity index (χ0) is 19.2. The van der Waals surface area contributed by atoms with Crippen molar-refractivity contribution in [1.29, 1.82) is 0 Å². The van der Waals surface area contributed by atoms with E-state index in [1.54, 1.807) is 0 Å². The first-order chi connectivity index (χ1) is 12.3. The van der Waals surface area contributed by atoms with Crippen LogP contribution in [0.4, 0.5) is 0 Å². The molecule has 0 amide bonds. The van der Waals surface area contributed by atoms with Crippen LogP contribution in [0.25, 0.3) is 11.1 Å². The molecular weight excluding hydrogens is 318 g/mol. The van der Waals surface area contributed by atoms with E-state index in [0.717, 1.165) is 28.7 Å². The van der Waals surface area contributed by atoms with Gasteiger partial charge in [0.05, 0.1) is 0 Å². The Labute approximate surface area is 159 Å². The lowest BCUT2D eigenvalue weighted by atomic mass is 9.83. The summed E-state index contributed by atoms with van der Waals surface area (Å²) in [5.41, 5.74) is 3.79. The highest BCUT2D eigenvalue weighted by Crippen LogP contribution is 2.37. The molecule has 2 heteroatoms. The third-order valence-electron chi connectivity index (χ3n) is 4.79. The van der Waals surface area contributed by atoms with Crippen LogP contribution in [-0.4, -0.2) is 17.4 Å². The summed E-state index contributed by atoms with van der Waals surface area (Å²) in [5.74, 6) is 0.350. The minimum absolute atomic E-state index is 0.116. The van der Waals surface area contributed by atoms with Crippen LogP contribution in [0.3, 0.4) is 0 Å². The summed E-state index contributed by atoms with van der Waals surface area (Å²) in [7, 11) is 0. The second-order valence-electron chi connectivity index (χ2n) is 8.16. The summed E-state index contributed by atoms with van der Waals surface area (Å²) in [5, 5.41) is 11.0. The Morgan fingerprint density at radius 1 is 1.04 bits per heavy atom. The molecule has 0 spiro atoms. The summed E-state index contributed by atoms with van der Waals surface area (Å²) >= 11 is 0. The maximum absolute atomic E-state index is 11.0. The zero-order valence-electron chi connectivity index (χ0n) is 16.9. The molecule has 1 N–H and O–H groups in total. The molecule has 0 aliphatic rings. The van der Waals surface area contributed by atoms with Gasteiger partial charge in [0, 0.05) is 17.8 Å². The third kappa shape index (κ3) is 5.20. The van der Waals surface area contributed by atoms with Gasteiger partial charge in [0.1, 0.15) is 5.75 Å². The van der Waals surface area contributed by atoms with Crippen molar-refractivity contribution in [3.8, 4) is 16.9 Å². The molecule has 140 valence electrons. The quantitative estimate of drug-likeness (QED) is 0.434. The van der Waals surface area contributed by atoms with Crippen molar-refractivity contribution in [3.63, 3.8) is 0 Å². The molecule has 0 saturated carbocycles. The van der Waals surface area contributed by atoms with Crippen molar-refractivity contribution in [2.24, 2.45) is 4.99 Å². The Balaban J connectivity index is 2.43. The Morgan fingerprint density at radius 3 is 2.35 bits per heavy atom. The van der Waals surface area contributed by atoms with Crippen LogP contribution in [-0.2, 0) is 5.41 Å². The van der Waals surface area contributed by atoms with Crippen molar-refractivity contribution in [2.75, 3.05) is 0 Å². The van der Waals surface area contributed by atoms with Crippen LogP contribution in [0, 0.1) is 0 Å². The number of phenols is 1. The number of benzene rings is 2. The van der Waals surface area contributed by atoms with Gasteiger partial charge in [-0.2, -0.15) is 0 Å². The van der Waals surface area contributed by atoms with Gasteiger partial charge in [-0.1, -0.05) is 89.4 Å². The molecule has 1 atom stereocenters. The molecule has 2 aromatic carbocycles. The van der Waals surface area contributed by atoms with Gasteiger partial charge < -0.3 is 5.11 Å². The molecule has 2 nitrogen and oxygen atoms in total. The van der Waals surface area contributed by atoms with E-state index in [-0.39, 0.29) is 11.5 Å². The van der Waals surface area contributed by atoms with Gasteiger partial charge in [0.2, 0.25) is 0 Å². The average Bonchev–Trinajstić information content (AvgIpc) is 2.60. The first-order valence-corrected chi connectivity index (χ1v) is 9.79. The monoisotopic (exact) mass is 351 g/mol. The molecule has 0 bridgehead atoms. The first kappa shape index (κ1) is 20.2. The molecule has 2 aromatic rings. The van der Waals surface area contributed by atoms with E-state index < -0.39 is 0 Å². The molecule has 0 fully saturated rings. The molecule has 26 heavy (non-hydrogen) atoms. The zero-order valence-corrected chi connectivity index (χ0v) is 16.9. The van der Waals surface area contributed by atoms with E-state index in [9.17, 15) is 5.11 Å².